The van der Waals surface area contributed by atoms with Crippen LogP contribution in [0.15, 0.2) is 0 Å². The first-order valence-corrected chi connectivity index (χ1v) is 3.96. The number of nitrogens with zero attached hydrogens (tertiary/aromatic N) is 6. The van der Waals surface area contributed by atoms with Gasteiger partial charge in [0.1, 0.15) is 18.2 Å². The molecule has 0 amide bonds. The first-order chi connectivity index (χ1) is 10.2. The molecule has 0 atom stereocenters. The number of hydrogen-bond acceptors (Lipinski definition) is 3. The number of hydrogen-bond donors (Lipinski definition) is 0. The average Bonchev–Trinajstić information content (AvgIpc) is 2.57. The molecule has 0 aromatic carbocycles. The van der Waals surface area contributed by atoms with Gasteiger partial charge in [0.15, 0.2) is 0 Å². The summed E-state index contributed by atoms with van der Waals surface area (Å²) < 4.78 is 22.5. The molecule has 0 heterocycles. The molecule has 0 fully saturated rings. The van der Waals surface area contributed by atoms with Crippen molar-refractivity contribution in [3.63, 3.8) is 0 Å². The molecule has 0 radical (unpaired) electrons. The fourth-order valence-corrected chi connectivity index (χ4v) is 0.106. The summed E-state index contributed by atoms with van der Waals surface area (Å²) in [7, 11) is 0. The summed E-state index contributed by atoms with van der Waals surface area (Å²) in [5, 5.41) is 22.8. The van der Waals surface area contributed by atoms with Crippen LogP contribution in [0.3, 0.4) is 0 Å². The molecule has 10 heteroatoms. The first kappa shape index (κ1) is 42.8. The third kappa shape index (κ3) is 522. The Morgan fingerprint density at radius 3 is 0.727 bits per heavy atom. The predicted octanol–water partition coefficient (Wildman–Crippen LogP) is 1.17. The molecular weight excluding hydrogens is 460 g/mol. The molecule has 0 aromatic rings. The van der Waals surface area contributed by atoms with Gasteiger partial charge in [0, 0.05) is 21.1 Å². The Balaban J connectivity index is -0.0000000257. The van der Waals surface area contributed by atoms with Crippen molar-refractivity contribution >= 4 is 0 Å². The Labute approximate surface area is 143 Å². The van der Waals surface area contributed by atoms with Crippen LogP contribution in [0.5, 0.6) is 0 Å². The van der Waals surface area contributed by atoms with E-state index in [0.29, 0.717) is 0 Å². The SMILES string of the molecule is [C-]#[N+]CC#N.[C-]#[N+]CC#N.[C-]#[N+]CC#N.[C-]#[O+].[C-]#[O+].[C-]#[O+].[W]. The van der Waals surface area contributed by atoms with E-state index in [2.05, 4.69) is 34.5 Å². The Bertz CT molecular complexity index is 388. The minimum Gasteiger partial charge on any atom is 0 e. The third-order valence-corrected chi connectivity index (χ3v) is 0.449. The molecule has 0 spiro atoms. The van der Waals surface area contributed by atoms with Gasteiger partial charge in [-0.2, -0.15) is 15.8 Å². The summed E-state index contributed by atoms with van der Waals surface area (Å²) in [5.41, 5.74) is 0. The quantitative estimate of drug-likeness (QED) is 0.300. The Kier molecular flexibility index (Phi) is 288. The second-order valence-corrected chi connectivity index (χ2v) is 1.42. The van der Waals surface area contributed by atoms with Gasteiger partial charge < -0.3 is 14.5 Å². The van der Waals surface area contributed by atoms with Gasteiger partial charge in [0.25, 0.3) is 19.6 Å². The van der Waals surface area contributed by atoms with E-state index < -0.39 is 0 Å². The van der Waals surface area contributed by atoms with E-state index in [4.69, 9.17) is 49.5 Å². The fraction of sp³-hybridized carbons (Fsp3) is 0.250. The zero-order valence-corrected chi connectivity index (χ0v) is 13.9. The maximum absolute atomic E-state index is 7.60. The van der Waals surface area contributed by atoms with E-state index in [1.165, 1.54) is 0 Å². The molecule has 0 bridgehead atoms. The van der Waals surface area contributed by atoms with E-state index in [1.807, 2.05) is 0 Å². The van der Waals surface area contributed by atoms with Crippen LogP contribution in [0.25, 0.3) is 14.5 Å². The minimum atomic E-state index is -0.0139. The van der Waals surface area contributed by atoms with E-state index in [9.17, 15) is 0 Å². The molecule has 0 aliphatic heterocycles. The summed E-state index contributed by atoms with van der Waals surface area (Å²) >= 11 is 0. The molecule has 0 aliphatic rings. The van der Waals surface area contributed by atoms with Gasteiger partial charge in [-0.25, -0.2) is 19.7 Å². The van der Waals surface area contributed by atoms with Crippen molar-refractivity contribution in [1.29, 1.82) is 15.8 Å². The van der Waals surface area contributed by atoms with Gasteiger partial charge in [-0.15, -0.1) is 0 Å². The van der Waals surface area contributed by atoms with Gasteiger partial charge >= 0.3 is 33.9 Å². The van der Waals surface area contributed by atoms with E-state index in [0.717, 1.165) is 0 Å². The third-order valence-electron chi connectivity index (χ3n) is 0.449. The predicted molar refractivity (Wildman–Crippen MR) is 63.0 cm³/mol. The summed E-state index contributed by atoms with van der Waals surface area (Å²) in [5.74, 6) is 0. The Morgan fingerprint density at radius 2 is 0.727 bits per heavy atom. The van der Waals surface area contributed by atoms with Crippen molar-refractivity contribution in [3.05, 3.63) is 54.2 Å². The molecule has 22 heavy (non-hydrogen) atoms. The Hall–Kier alpha value is -3.15. The number of nitriles is 3. The van der Waals surface area contributed by atoms with Crippen molar-refractivity contribution < 1.29 is 35.0 Å². The summed E-state index contributed by atoms with van der Waals surface area (Å²) in [4.78, 5) is 8.23. The molecule has 0 unspecified atom stereocenters. The largest absolute Gasteiger partial charge is 0 e. The van der Waals surface area contributed by atoms with Crippen LogP contribution in [0.4, 0.5) is 0 Å². The molecule has 0 aliphatic carbocycles. The van der Waals surface area contributed by atoms with Crippen LogP contribution >= 0.6 is 0 Å². The Morgan fingerprint density at radius 1 is 0.591 bits per heavy atom. The van der Waals surface area contributed by atoms with Gasteiger partial charge in [-0.1, -0.05) is 0 Å². The average molecular weight is 466 g/mol. The van der Waals surface area contributed by atoms with E-state index in [-0.39, 0.29) is 40.7 Å². The zero-order chi connectivity index (χ0) is 18.4. The normalized spacial score (nSPS) is 3.27. The van der Waals surface area contributed by atoms with E-state index >= 15 is 0 Å². The van der Waals surface area contributed by atoms with Crippen LogP contribution in [0.2, 0.25) is 0 Å². The molecule has 9 nitrogen and oxygen atoms in total. The molecule has 0 N–H and O–H groups in total. The van der Waals surface area contributed by atoms with Crippen LogP contribution in [-0.2, 0) is 35.0 Å². The summed E-state index contributed by atoms with van der Waals surface area (Å²) in [6.45, 7) is 31.5. The molecular formula is C12H6N6O3W. The molecule has 0 rings (SSSR count). The summed E-state index contributed by atoms with van der Waals surface area (Å²) in [6, 6.07) is 4.99. The van der Waals surface area contributed by atoms with Crippen molar-refractivity contribution in [2.75, 3.05) is 19.6 Å². The molecule has 0 saturated carbocycles. The second kappa shape index (κ2) is 148. The summed E-state index contributed by atoms with van der Waals surface area (Å²) in [6.07, 6.45) is 0. The maximum Gasteiger partial charge on any atom is 0 e. The van der Waals surface area contributed by atoms with Crippen molar-refractivity contribution in [3.8, 4) is 18.2 Å². The van der Waals surface area contributed by atoms with Gasteiger partial charge in [0.05, 0.1) is 0 Å². The van der Waals surface area contributed by atoms with Gasteiger partial charge in [0.2, 0.25) is 0 Å². The zero-order valence-electron chi connectivity index (χ0n) is 10.9. The van der Waals surface area contributed by atoms with Crippen LogP contribution in [0, 0.1) is 73.7 Å². The van der Waals surface area contributed by atoms with Gasteiger partial charge in [-0.05, 0) is 0 Å². The number of rotatable bonds is 0. The fourth-order valence-electron chi connectivity index (χ4n) is 0.106. The monoisotopic (exact) mass is 466 g/mol. The van der Waals surface area contributed by atoms with Crippen LogP contribution in [0.1, 0.15) is 0 Å². The second-order valence-electron chi connectivity index (χ2n) is 1.42. The topological polar surface area (TPSA) is 144 Å². The standard InChI is InChI=1S/3C3H2N2.3CO.W/c3*1-5-3-2-4;3*1-2;/h3*3H2;;;;. The molecule has 0 aromatic heterocycles. The van der Waals surface area contributed by atoms with E-state index in [1.54, 1.807) is 18.2 Å². The molecule has 0 saturated heterocycles. The van der Waals surface area contributed by atoms with Crippen molar-refractivity contribution in [2.45, 2.75) is 0 Å². The molecule has 108 valence electrons. The minimum absolute atomic E-state index is 0. The smallest absolute Gasteiger partial charge is 0 e. The van der Waals surface area contributed by atoms with Crippen LogP contribution < -0.4 is 0 Å². The first-order valence-electron chi connectivity index (χ1n) is 3.96. The van der Waals surface area contributed by atoms with Crippen LogP contribution in [-0.4, -0.2) is 19.6 Å². The van der Waals surface area contributed by atoms with Crippen molar-refractivity contribution in [2.24, 2.45) is 0 Å². The van der Waals surface area contributed by atoms with Gasteiger partial charge in [-0.3, -0.25) is 0 Å². The maximum atomic E-state index is 7.60. The van der Waals surface area contributed by atoms with Crippen molar-refractivity contribution in [1.82, 2.24) is 0 Å².